The molecule has 0 saturated carbocycles. The lowest BCUT2D eigenvalue weighted by molar-refractivity contribution is -0.384. The predicted molar refractivity (Wildman–Crippen MR) is 92.6 cm³/mol. The number of hydrogen-bond acceptors (Lipinski definition) is 7. The Labute approximate surface area is 146 Å². The van der Waals surface area contributed by atoms with Crippen LogP contribution in [0.3, 0.4) is 0 Å². The van der Waals surface area contributed by atoms with Gasteiger partial charge in [0.2, 0.25) is 0 Å². The van der Waals surface area contributed by atoms with Crippen molar-refractivity contribution in [3.05, 3.63) is 64.0 Å². The molecule has 0 aliphatic rings. The standard InChI is InChI=1S/C16H12N4O4S/c21-16(9-24-14-3-1-2-13(8-14)20(22)23)17-12-6-4-11(5-7-12)15-10-25-19-18-15/h1-8,10H,9H2,(H,17,21). The molecule has 0 saturated heterocycles. The summed E-state index contributed by atoms with van der Waals surface area (Å²) in [7, 11) is 0. The number of carbonyl (C=O) groups excluding carboxylic acids is 1. The van der Waals surface area contributed by atoms with Crippen molar-refractivity contribution in [2.75, 3.05) is 11.9 Å². The van der Waals surface area contributed by atoms with Crippen LogP contribution in [0.5, 0.6) is 5.75 Å². The Morgan fingerprint density at radius 1 is 1.24 bits per heavy atom. The first-order chi connectivity index (χ1) is 12.1. The molecule has 3 aromatic rings. The third-order valence-electron chi connectivity index (χ3n) is 3.22. The molecule has 9 heteroatoms. The highest BCUT2D eigenvalue weighted by Crippen LogP contribution is 2.21. The Balaban J connectivity index is 1.56. The quantitative estimate of drug-likeness (QED) is 0.537. The molecule has 0 aliphatic heterocycles. The maximum absolute atomic E-state index is 11.9. The fourth-order valence-electron chi connectivity index (χ4n) is 2.05. The summed E-state index contributed by atoms with van der Waals surface area (Å²) in [6.45, 7) is -0.251. The average Bonchev–Trinajstić information content (AvgIpc) is 3.15. The van der Waals surface area contributed by atoms with E-state index in [0.29, 0.717) is 5.69 Å². The summed E-state index contributed by atoms with van der Waals surface area (Å²) >= 11 is 1.27. The fourth-order valence-corrected chi connectivity index (χ4v) is 2.51. The van der Waals surface area contributed by atoms with Crippen molar-refractivity contribution in [1.82, 2.24) is 9.59 Å². The molecule has 0 unspecified atom stereocenters. The Morgan fingerprint density at radius 3 is 2.72 bits per heavy atom. The highest BCUT2D eigenvalue weighted by atomic mass is 32.1. The van der Waals surface area contributed by atoms with Crippen LogP contribution < -0.4 is 10.1 Å². The van der Waals surface area contributed by atoms with Crippen molar-refractivity contribution in [3.63, 3.8) is 0 Å². The Bertz CT molecular complexity index is 881. The molecule has 0 bridgehead atoms. The summed E-state index contributed by atoms with van der Waals surface area (Å²) in [5.74, 6) is -0.106. The van der Waals surface area contributed by atoms with E-state index in [4.69, 9.17) is 4.74 Å². The van der Waals surface area contributed by atoms with Gasteiger partial charge < -0.3 is 10.1 Å². The van der Waals surface area contributed by atoms with E-state index in [9.17, 15) is 14.9 Å². The number of anilines is 1. The summed E-state index contributed by atoms with van der Waals surface area (Å²) < 4.78 is 9.08. The van der Waals surface area contributed by atoms with Gasteiger partial charge in [-0.3, -0.25) is 14.9 Å². The van der Waals surface area contributed by atoms with Crippen LogP contribution in [0.2, 0.25) is 0 Å². The number of nitrogens with zero attached hydrogens (tertiary/aromatic N) is 3. The van der Waals surface area contributed by atoms with Crippen LogP contribution in [-0.2, 0) is 4.79 Å². The van der Waals surface area contributed by atoms with Crippen LogP contribution >= 0.6 is 11.5 Å². The molecule has 126 valence electrons. The monoisotopic (exact) mass is 356 g/mol. The third-order valence-corrected chi connectivity index (χ3v) is 3.73. The number of rotatable bonds is 6. The number of benzene rings is 2. The molecule has 8 nitrogen and oxygen atoms in total. The highest BCUT2D eigenvalue weighted by Gasteiger charge is 2.09. The van der Waals surface area contributed by atoms with E-state index in [1.54, 1.807) is 18.2 Å². The molecule has 2 aromatic carbocycles. The van der Waals surface area contributed by atoms with Gasteiger partial charge in [0.1, 0.15) is 11.4 Å². The molecule has 1 heterocycles. The zero-order chi connectivity index (χ0) is 17.6. The normalized spacial score (nSPS) is 10.2. The van der Waals surface area contributed by atoms with Crippen molar-refractivity contribution in [1.29, 1.82) is 0 Å². The van der Waals surface area contributed by atoms with Crippen molar-refractivity contribution >= 4 is 28.8 Å². The van der Waals surface area contributed by atoms with E-state index in [1.807, 2.05) is 17.5 Å². The first-order valence-corrected chi connectivity index (χ1v) is 8.00. The smallest absolute Gasteiger partial charge is 0.273 e. The molecule has 0 fully saturated rings. The molecule has 25 heavy (non-hydrogen) atoms. The van der Waals surface area contributed by atoms with Gasteiger partial charge in [-0.1, -0.05) is 22.7 Å². The molecule has 1 aromatic heterocycles. The number of nitro benzene ring substituents is 1. The number of carbonyl (C=O) groups is 1. The van der Waals surface area contributed by atoms with Crippen LogP contribution in [0, 0.1) is 10.1 Å². The van der Waals surface area contributed by atoms with Crippen LogP contribution in [0.1, 0.15) is 0 Å². The van der Waals surface area contributed by atoms with Gasteiger partial charge in [0.25, 0.3) is 11.6 Å². The fraction of sp³-hybridized carbons (Fsp3) is 0.0625. The highest BCUT2D eigenvalue weighted by molar-refractivity contribution is 7.03. The molecule has 0 spiro atoms. The second-order valence-corrected chi connectivity index (χ2v) is 5.57. The second-order valence-electron chi connectivity index (χ2n) is 4.96. The van der Waals surface area contributed by atoms with Gasteiger partial charge in [-0.2, -0.15) is 0 Å². The number of nitrogens with one attached hydrogen (secondary N) is 1. The van der Waals surface area contributed by atoms with Crippen LogP contribution in [0.25, 0.3) is 11.3 Å². The van der Waals surface area contributed by atoms with Gasteiger partial charge in [0.15, 0.2) is 6.61 Å². The van der Waals surface area contributed by atoms with Crippen molar-refractivity contribution in [3.8, 4) is 17.0 Å². The number of nitro groups is 1. The van der Waals surface area contributed by atoms with Gasteiger partial charge in [-0.05, 0) is 29.7 Å². The minimum atomic E-state index is -0.521. The van der Waals surface area contributed by atoms with Gasteiger partial charge in [0.05, 0.1) is 11.0 Å². The van der Waals surface area contributed by atoms with Crippen molar-refractivity contribution < 1.29 is 14.5 Å². The predicted octanol–water partition coefficient (Wildman–Crippen LogP) is 3.13. The maximum atomic E-state index is 11.9. The van der Waals surface area contributed by atoms with Gasteiger partial charge in [-0.25, -0.2) is 0 Å². The number of ether oxygens (including phenoxy) is 1. The minimum absolute atomic E-state index is 0.0926. The van der Waals surface area contributed by atoms with E-state index in [0.717, 1.165) is 11.3 Å². The van der Waals surface area contributed by atoms with E-state index in [1.165, 1.54) is 29.7 Å². The molecule has 0 radical (unpaired) electrons. The Morgan fingerprint density at radius 2 is 2.04 bits per heavy atom. The summed E-state index contributed by atoms with van der Waals surface area (Å²) in [4.78, 5) is 22.1. The van der Waals surface area contributed by atoms with E-state index < -0.39 is 4.92 Å². The van der Waals surface area contributed by atoms with Gasteiger partial charge >= 0.3 is 0 Å². The Hall–Kier alpha value is -3.33. The largest absolute Gasteiger partial charge is 0.484 e. The number of non-ortho nitro benzene ring substituents is 1. The molecule has 0 atom stereocenters. The van der Waals surface area contributed by atoms with Crippen LogP contribution in [0.15, 0.2) is 53.9 Å². The molecule has 1 N–H and O–H groups in total. The molecule has 0 aliphatic carbocycles. The molecular weight excluding hydrogens is 344 g/mol. The first-order valence-electron chi connectivity index (χ1n) is 7.16. The van der Waals surface area contributed by atoms with Crippen LogP contribution in [-0.4, -0.2) is 27.0 Å². The second kappa shape index (κ2) is 7.49. The Kier molecular flexibility index (Phi) is 4.95. The molecular formula is C16H12N4O4S. The number of amides is 1. The maximum Gasteiger partial charge on any atom is 0.273 e. The number of hydrogen-bond donors (Lipinski definition) is 1. The van der Waals surface area contributed by atoms with E-state index >= 15 is 0 Å². The summed E-state index contributed by atoms with van der Waals surface area (Å²) in [6, 6.07) is 12.8. The zero-order valence-corrected chi connectivity index (χ0v) is 13.6. The summed E-state index contributed by atoms with van der Waals surface area (Å²) in [5, 5.41) is 19.2. The lowest BCUT2D eigenvalue weighted by atomic mass is 10.1. The summed E-state index contributed by atoms with van der Waals surface area (Å²) in [5.41, 5.74) is 2.20. The van der Waals surface area contributed by atoms with Crippen LogP contribution in [0.4, 0.5) is 11.4 Å². The average molecular weight is 356 g/mol. The molecule has 1 amide bonds. The summed E-state index contributed by atoms with van der Waals surface area (Å²) in [6.07, 6.45) is 0. The SMILES string of the molecule is O=C(COc1cccc([N+](=O)[O-])c1)Nc1ccc(-c2csnn2)cc1. The topological polar surface area (TPSA) is 107 Å². The first kappa shape index (κ1) is 16.5. The molecule has 3 rings (SSSR count). The third kappa shape index (κ3) is 4.36. The van der Waals surface area contributed by atoms with E-state index in [-0.39, 0.29) is 24.0 Å². The van der Waals surface area contributed by atoms with Crippen molar-refractivity contribution in [2.24, 2.45) is 0 Å². The van der Waals surface area contributed by atoms with Crippen molar-refractivity contribution in [2.45, 2.75) is 0 Å². The van der Waals surface area contributed by atoms with E-state index in [2.05, 4.69) is 14.9 Å². The minimum Gasteiger partial charge on any atom is -0.484 e. The zero-order valence-electron chi connectivity index (χ0n) is 12.8. The lowest BCUT2D eigenvalue weighted by Crippen LogP contribution is -2.20. The van der Waals surface area contributed by atoms with Gasteiger partial charge in [-0.15, -0.1) is 5.10 Å². The van der Waals surface area contributed by atoms with Gasteiger partial charge in [0, 0.05) is 22.7 Å². The number of aromatic nitrogens is 2. The lowest BCUT2D eigenvalue weighted by Gasteiger charge is -2.08.